The Morgan fingerprint density at radius 1 is 1.30 bits per heavy atom. The number of rotatable bonds is 5. The Labute approximate surface area is 194 Å². The van der Waals surface area contributed by atoms with Crippen LogP contribution in [0, 0.1) is 11.3 Å². The van der Waals surface area contributed by atoms with E-state index in [4.69, 9.17) is 4.98 Å². The predicted molar refractivity (Wildman–Crippen MR) is 128 cm³/mol. The summed E-state index contributed by atoms with van der Waals surface area (Å²) >= 11 is 1.53. The Bertz CT molecular complexity index is 1480. The van der Waals surface area contributed by atoms with Gasteiger partial charge in [0.25, 0.3) is 5.56 Å². The average molecular weight is 458 g/mol. The van der Waals surface area contributed by atoms with Crippen molar-refractivity contribution in [1.82, 2.24) is 24.6 Å². The van der Waals surface area contributed by atoms with Crippen LogP contribution in [-0.4, -0.2) is 25.9 Å². The standard InChI is InChI=1S/C24H23N7OS/c1-2-30-22(32)19-12-27-23(28-18-4-3-16-11-26-8-5-15(16)9-18)29-21(19)31(30)20-10-17(13-33-20)24(14-25)6-7-24/h3-4,9-10,12-13,26H,2,5-8,11H2,1H3,(H,27,28,29). The summed E-state index contributed by atoms with van der Waals surface area (Å²) in [5.74, 6) is 0.450. The minimum absolute atomic E-state index is 0.114. The van der Waals surface area contributed by atoms with Crippen molar-refractivity contribution in [2.24, 2.45) is 0 Å². The Balaban J connectivity index is 1.42. The fourth-order valence-corrected chi connectivity index (χ4v) is 5.58. The maximum absolute atomic E-state index is 13.0. The summed E-state index contributed by atoms with van der Waals surface area (Å²) in [7, 11) is 0. The molecule has 2 N–H and O–H groups in total. The first kappa shape index (κ1) is 20.1. The summed E-state index contributed by atoms with van der Waals surface area (Å²) in [4.78, 5) is 22.2. The topological polar surface area (TPSA) is 101 Å². The van der Waals surface area contributed by atoms with Gasteiger partial charge in [0, 0.05) is 25.0 Å². The van der Waals surface area contributed by atoms with Crippen LogP contribution in [-0.2, 0) is 24.9 Å². The van der Waals surface area contributed by atoms with Gasteiger partial charge < -0.3 is 10.6 Å². The molecule has 0 amide bonds. The highest BCUT2D eigenvalue weighted by atomic mass is 32.1. The number of fused-ring (bicyclic) bond motifs is 2. The monoisotopic (exact) mass is 457 g/mol. The summed E-state index contributed by atoms with van der Waals surface area (Å²) in [6.45, 7) is 4.32. The van der Waals surface area contributed by atoms with Crippen LogP contribution in [0.15, 0.2) is 40.6 Å². The van der Waals surface area contributed by atoms with Crippen LogP contribution in [0.4, 0.5) is 11.6 Å². The Kier molecular flexibility index (Phi) is 4.60. The second-order valence-electron chi connectivity index (χ2n) is 8.67. The van der Waals surface area contributed by atoms with Gasteiger partial charge in [-0.1, -0.05) is 6.07 Å². The number of nitriles is 1. The minimum Gasteiger partial charge on any atom is -0.324 e. The van der Waals surface area contributed by atoms with Gasteiger partial charge in [-0.3, -0.25) is 4.79 Å². The maximum Gasteiger partial charge on any atom is 0.278 e. The minimum atomic E-state index is -0.362. The fraction of sp³-hybridized carbons (Fsp3) is 0.333. The zero-order valence-corrected chi connectivity index (χ0v) is 19.1. The smallest absolute Gasteiger partial charge is 0.278 e. The molecule has 0 bridgehead atoms. The highest BCUT2D eigenvalue weighted by Crippen LogP contribution is 2.49. The molecule has 0 atom stereocenters. The Morgan fingerprint density at radius 2 is 2.18 bits per heavy atom. The third-order valence-corrected chi connectivity index (χ3v) is 7.54. The van der Waals surface area contributed by atoms with Crippen LogP contribution in [0.25, 0.3) is 16.0 Å². The van der Waals surface area contributed by atoms with Gasteiger partial charge in [-0.15, -0.1) is 11.3 Å². The number of hydrogen-bond acceptors (Lipinski definition) is 7. The molecule has 1 aromatic carbocycles. The molecule has 166 valence electrons. The number of thiophene rings is 1. The molecule has 33 heavy (non-hydrogen) atoms. The van der Waals surface area contributed by atoms with Gasteiger partial charge >= 0.3 is 0 Å². The largest absolute Gasteiger partial charge is 0.324 e. The molecular formula is C24H23N7OS. The third kappa shape index (κ3) is 3.25. The molecule has 0 spiro atoms. The van der Waals surface area contributed by atoms with E-state index in [1.165, 1.54) is 22.5 Å². The summed E-state index contributed by atoms with van der Waals surface area (Å²) in [5, 5.41) is 19.7. The lowest BCUT2D eigenvalue weighted by atomic mass is 10.0. The van der Waals surface area contributed by atoms with Crippen molar-refractivity contribution in [3.05, 3.63) is 62.9 Å². The first-order valence-electron chi connectivity index (χ1n) is 11.2. The quantitative estimate of drug-likeness (QED) is 0.475. The number of anilines is 2. The highest BCUT2D eigenvalue weighted by Gasteiger charge is 2.45. The fourth-order valence-electron chi connectivity index (χ4n) is 4.56. The molecule has 2 aliphatic rings. The lowest BCUT2D eigenvalue weighted by Gasteiger charge is -2.18. The first-order valence-corrected chi connectivity index (χ1v) is 12.1. The second kappa shape index (κ2) is 7.54. The Hall–Kier alpha value is -3.48. The molecule has 1 fully saturated rings. The van der Waals surface area contributed by atoms with E-state index in [1.807, 2.05) is 29.1 Å². The molecule has 6 rings (SSSR count). The van der Waals surface area contributed by atoms with Gasteiger partial charge in [0.1, 0.15) is 10.4 Å². The van der Waals surface area contributed by atoms with E-state index in [1.54, 1.807) is 10.9 Å². The summed E-state index contributed by atoms with van der Waals surface area (Å²) < 4.78 is 3.54. The van der Waals surface area contributed by atoms with E-state index in [0.717, 1.165) is 48.6 Å². The van der Waals surface area contributed by atoms with Crippen molar-refractivity contribution in [1.29, 1.82) is 5.26 Å². The van der Waals surface area contributed by atoms with E-state index in [0.29, 0.717) is 23.5 Å². The first-order chi connectivity index (χ1) is 16.1. The van der Waals surface area contributed by atoms with E-state index < -0.39 is 0 Å². The molecule has 1 saturated carbocycles. The maximum atomic E-state index is 13.0. The van der Waals surface area contributed by atoms with E-state index >= 15 is 0 Å². The van der Waals surface area contributed by atoms with Gasteiger partial charge in [0.2, 0.25) is 5.95 Å². The van der Waals surface area contributed by atoms with Crippen LogP contribution in [0.3, 0.4) is 0 Å². The van der Waals surface area contributed by atoms with Crippen molar-refractivity contribution in [3.63, 3.8) is 0 Å². The number of nitrogens with one attached hydrogen (secondary N) is 2. The molecular weight excluding hydrogens is 434 g/mol. The molecule has 4 heterocycles. The molecule has 9 heteroatoms. The third-order valence-electron chi connectivity index (χ3n) is 6.64. The summed E-state index contributed by atoms with van der Waals surface area (Å²) in [6, 6.07) is 10.8. The van der Waals surface area contributed by atoms with Crippen molar-refractivity contribution in [2.45, 2.75) is 44.7 Å². The van der Waals surface area contributed by atoms with E-state index in [-0.39, 0.29) is 11.0 Å². The molecule has 0 radical (unpaired) electrons. The normalized spacial score (nSPS) is 16.4. The van der Waals surface area contributed by atoms with Crippen molar-refractivity contribution in [3.8, 4) is 11.1 Å². The zero-order valence-electron chi connectivity index (χ0n) is 18.3. The van der Waals surface area contributed by atoms with Crippen LogP contribution < -0.4 is 16.2 Å². The molecule has 8 nitrogen and oxygen atoms in total. The molecule has 3 aromatic heterocycles. The van der Waals surface area contributed by atoms with Crippen molar-refractivity contribution < 1.29 is 0 Å². The van der Waals surface area contributed by atoms with Crippen LogP contribution in [0.5, 0.6) is 0 Å². The second-order valence-corrected chi connectivity index (χ2v) is 9.56. The average Bonchev–Trinajstić information content (AvgIpc) is 3.40. The van der Waals surface area contributed by atoms with Gasteiger partial charge in [-0.2, -0.15) is 10.2 Å². The van der Waals surface area contributed by atoms with Gasteiger partial charge in [0.15, 0.2) is 5.65 Å². The predicted octanol–water partition coefficient (Wildman–Crippen LogP) is 3.61. The number of benzene rings is 1. The van der Waals surface area contributed by atoms with Gasteiger partial charge in [-0.25, -0.2) is 14.3 Å². The summed E-state index contributed by atoms with van der Waals surface area (Å²) in [6.07, 6.45) is 4.37. The lowest BCUT2D eigenvalue weighted by Crippen LogP contribution is -2.23. The molecule has 0 saturated heterocycles. The van der Waals surface area contributed by atoms with E-state index in [9.17, 15) is 10.1 Å². The van der Waals surface area contributed by atoms with Crippen LogP contribution in [0.1, 0.15) is 36.5 Å². The summed E-state index contributed by atoms with van der Waals surface area (Å²) in [5.41, 5.74) is 4.69. The molecule has 1 aliphatic carbocycles. The van der Waals surface area contributed by atoms with Crippen molar-refractivity contribution in [2.75, 3.05) is 11.9 Å². The van der Waals surface area contributed by atoms with Crippen LogP contribution >= 0.6 is 11.3 Å². The number of hydrogen-bond donors (Lipinski definition) is 2. The lowest BCUT2D eigenvalue weighted by molar-refractivity contribution is 0.579. The zero-order chi connectivity index (χ0) is 22.6. The van der Waals surface area contributed by atoms with E-state index in [2.05, 4.69) is 33.8 Å². The molecule has 0 unspecified atom stereocenters. The molecule has 1 aliphatic heterocycles. The highest BCUT2D eigenvalue weighted by molar-refractivity contribution is 7.12. The Morgan fingerprint density at radius 3 is 2.97 bits per heavy atom. The van der Waals surface area contributed by atoms with Crippen molar-refractivity contribution >= 4 is 34.0 Å². The number of nitrogens with zero attached hydrogens (tertiary/aromatic N) is 5. The van der Waals surface area contributed by atoms with Crippen LogP contribution in [0.2, 0.25) is 0 Å². The molecule has 4 aromatic rings. The number of aromatic nitrogens is 4. The SMILES string of the molecule is CCn1c(=O)c2cnc(Nc3ccc4c(c3)CCNC4)nc2n1-c1cc(C2(C#N)CC2)cs1. The van der Waals surface area contributed by atoms with Gasteiger partial charge in [0.05, 0.1) is 11.5 Å². The van der Waals surface area contributed by atoms with Gasteiger partial charge in [-0.05, 0) is 73.0 Å².